The minimum Gasteiger partial charge on any atom is -0.487 e. The molecule has 4 rings (SSSR count). The Kier molecular flexibility index (Phi) is 8.67. The molecule has 0 saturated carbocycles. The van der Waals surface area contributed by atoms with E-state index in [1.807, 2.05) is 58.0 Å². The minimum atomic E-state index is -3.81. The van der Waals surface area contributed by atoms with Gasteiger partial charge in [-0.05, 0) is 75.2 Å². The first-order valence-corrected chi connectivity index (χ1v) is 15.1. The van der Waals surface area contributed by atoms with Crippen molar-refractivity contribution in [1.29, 1.82) is 0 Å². The van der Waals surface area contributed by atoms with Crippen molar-refractivity contribution in [3.05, 3.63) is 89.5 Å². The van der Waals surface area contributed by atoms with Crippen LogP contribution in [0.5, 0.6) is 5.75 Å². The molecule has 1 heterocycles. The summed E-state index contributed by atoms with van der Waals surface area (Å²) in [7, 11) is -3.81. The van der Waals surface area contributed by atoms with Gasteiger partial charge in [-0.3, -0.25) is 4.79 Å². The second-order valence-corrected chi connectivity index (χ2v) is 12.2. The van der Waals surface area contributed by atoms with E-state index < -0.39 is 21.7 Å². The minimum absolute atomic E-state index is 0.197. The molecule has 3 aromatic carbocycles. The van der Waals surface area contributed by atoms with Gasteiger partial charge in [-0.15, -0.1) is 0 Å². The highest BCUT2D eigenvalue weighted by atomic mass is 32.2. The van der Waals surface area contributed by atoms with Crippen LogP contribution < -0.4 is 19.7 Å². The summed E-state index contributed by atoms with van der Waals surface area (Å²) >= 11 is 0. The number of carbonyl (C=O) groups is 1. The number of amides is 1. The Morgan fingerprint density at radius 1 is 1.00 bits per heavy atom. The first-order chi connectivity index (χ1) is 18.6. The van der Waals surface area contributed by atoms with Crippen molar-refractivity contribution in [2.24, 2.45) is 5.92 Å². The lowest BCUT2D eigenvalue weighted by molar-refractivity contribution is 0.0167. The van der Waals surface area contributed by atoms with E-state index in [1.54, 1.807) is 30.3 Å². The van der Waals surface area contributed by atoms with Gasteiger partial charge in [-0.1, -0.05) is 44.2 Å². The van der Waals surface area contributed by atoms with Gasteiger partial charge in [0.25, 0.3) is 5.91 Å². The summed E-state index contributed by atoms with van der Waals surface area (Å²) in [6.07, 6.45) is 0.833. The van der Waals surface area contributed by atoms with Crippen LogP contribution in [0.4, 0.5) is 5.69 Å². The first kappa shape index (κ1) is 28.6. The molecule has 2 N–H and O–H groups in total. The smallest absolute Gasteiger partial charge is 0.251 e. The number of ether oxygens (including phenoxy) is 1. The maximum absolute atomic E-state index is 13.4. The van der Waals surface area contributed by atoms with E-state index in [0.717, 1.165) is 24.2 Å². The predicted molar refractivity (Wildman–Crippen MR) is 156 cm³/mol. The molecule has 208 valence electrons. The number of carbonyl (C=O) groups excluding carboxylic acids is 1. The topological polar surface area (TPSA) is 87.7 Å². The fourth-order valence-corrected chi connectivity index (χ4v) is 6.19. The van der Waals surface area contributed by atoms with Crippen LogP contribution in [0.1, 0.15) is 62.1 Å². The van der Waals surface area contributed by atoms with Crippen LogP contribution in [0.3, 0.4) is 0 Å². The number of sulfonamides is 1. The summed E-state index contributed by atoms with van der Waals surface area (Å²) in [5.41, 5.74) is 2.68. The van der Waals surface area contributed by atoms with E-state index >= 15 is 0 Å². The Morgan fingerprint density at radius 3 is 2.33 bits per heavy atom. The molecule has 2 atom stereocenters. The first-order valence-electron chi connectivity index (χ1n) is 13.6. The molecule has 1 amide bonds. The molecule has 0 fully saturated rings. The van der Waals surface area contributed by atoms with Gasteiger partial charge >= 0.3 is 0 Å². The average molecular weight is 550 g/mol. The normalized spacial score (nSPS) is 18.1. The molecule has 8 heteroatoms. The number of nitrogens with zero attached hydrogens (tertiary/aromatic N) is 1. The molecule has 1 aliphatic heterocycles. The fourth-order valence-electron chi connectivity index (χ4n) is 4.89. The van der Waals surface area contributed by atoms with E-state index in [9.17, 15) is 13.2 Å². The lowest BCUT2D eigenvalue weighted by Crippen LogP contribution is -2.48. The second-order valence-electron chi connectivity index (χ2n) is 10.5. The van der Waals surface area contributed by atoms with Crippen molar-refractivity contribution in [2.75, 3.05) is 24.5 Å². The molecule has 3 aromatic rings. The number of fused-ring (bicyclic) bond motifs is 1. The molecule has 2 unspecified atom stereocenters. The van der Waals surface area contributed by atoms with Crippen LogP contribution in [0, 0.1) is 5.92 Å². The predicted octanol–water partition coefficient (Wildman–Crippen LogP) is 5.33. The molecule has 0 spiro atoms. The van der Waals surface area contributed by atoms with Gasteiger partial charge in [0.1, 0.15) is 11.4 Å². The lowest BCUT2D eigenvalue weighted by atomic mass is 9.80. The number of anilines is 1. The van der Waals surface area contributed by atoms with Crippen LogP contribution >= 0.6 is 0 Å². The Labute approximate surface area is 232 Å². The lowest BCUT2D eigenvalue weighted by Gasteiger charge is -2.43. The summed E-state index contributed by atoms with van der Waals surface area (Å²) < 4.78 is 36.0. The molecule has 0 aliphatic carbocycles. The van der Waals surface area contributed by atoms with Gasteiger partial charge in [0.2, 0.25) is 10.0 Å². The molecule has 1 aliphatic rings. The number of likely N-dealkylation sites (N-methyl/N-ethyl adjacent to an activating group) is 1. The van der Waals surface area contributed by atoms with Crippen molar-refractivity contribution in [1.82, 2.24) is 10.0 Å². The maximum atomic E-state index is 13.4. The molecule has 39 heavy (non-hydrogen) atoms. The van der Waals surface area contributed by atoms with Crippen LogP contribution in [0.25, 0.3) is 0 Å². The number of benzene rings is 3. The van der Waals surface area contributed by atoms with Gasteiger partial charge in [0.05, 0.1) is 10.9 Å². The standard InChI is InChI=1S/C31H39N3O4S/c1-6-23-13-16-26(17-14-23)39(36,37)33-29-22(3)31(4,5)38-28-18-15-24(21-27(28)29)30(35)32-19-20-34(7-2)25-11-9-8-10-12-25/h8-18,21-22,29,33H,6-7,19-20H2,1-5H3,(H,32,35). The quantitative estimate of drug-likeness (QED) is 0.357. The number of hydrogen-bond donors (Lipinski definition) is 2. The van der Waals surface area contributed by atoms with Crippen LogP contribution in [-0.4, -0.2) is 39.6 Å². The highest BCUT2D eigenvalue weighted by Crippen LogP contribution is 2.44. The molecule has 0 bridgehead atoms. The van der Waals surface area contributed by atoms with Gasteiger partial charge in [0.15, 0.2) is 0 Å². The summed E-state index contributed by atoms with van der Waals surface area (Å²) in [4.78, 5) is 15.5. The van der Waals surface area contributed by atoms with E-state index in [-0.39, 0.29) is 16.7 Å². The SMILES string of the molecule is CCc1ccc(S(=O)(=O)NC2c3cc(C(=O)NCCN(CC)c4ccccc4)ccc3OC(C)(C)C2C)cc1. The van der Waals surface area contributed by atoms with E-state index in [0.29, 0.717) is 30.0 Å². The largest absolute Gasteiger partial charge is 0.487 e. The van der Waals surface area contributed by atoms with Crippen molar-refractivity contribution in [3.63, 3.8) is 0 Å². The number of aryl methyl sites for hydroxylation is 1. The Morgan fingerprint density at radius 2 is 1.69 bits per heavy atom. The molecular formula is C31H39N3O4S. The van der Waals surface area contributed by atoms with Crippen molar-refractivity contribution >= 4 is 21.6 Å². The van der Waals surface area contributed by atoms with Crippen molar-refractivity contribution < 1.29 is 17.9 Å². The number of para-hydroxylation sites is 1. The summed E-state index contributed by atoms with van der Waals surface area (Å²) in [5.74, 6) is 0.165. The zero-order chi connectivity index (χ0) is 28.2. The van der Waals surface area contributed by atoms with Gasteiger partial charge < -0.3 is 15.0 Å². The van der Waals surface area contributed by atoms with Crippen LogP contribution in [-0.2, 0) is 16.4 Å². The summed E-state index contributed by atoms with van der Waals surface area (Å²) in [6, 6.07) is 21.7. The van der Waals surface area contributed by atoms with Crippen molar-refractivity contribution in [3.8, 4) is 5.75 Å². The Bertz CT molecular complexity index is 1390. The molecule has 0 radical (unpaired) electrons. The molecular weight excluding hydrogens is 510 g/mol. The Hall–Kier alpha value is -3.36. The van der Waals surface area contributed by atoms with E-state index in [1.165, 1.54) is 0 Å². The van der Waals surface area contributed by atoms with Gasteiger partial charge in [-0.2, -0.15) is 0 Å². The number of hydrogen-bond acceptors (Lipinski definition) is 5. The van der Waals surface area contributed by atoms with Gasteiger partial charge in [-0.25, -0.2) is 13.1 Å². The summed E-state index contributed by atoms with van der Waals surface area (Å²) in [6.45, 7) is 11.9. The zero-order valence-electron chi connectivity index (χ0n) is 23.4. The fraction of sp³-hybridized carbons (Fsp3) is 0.387. The summed E-state index contributed by atoms with van der Waals surface area (Å²) in [5, 5.41) is 3.01. The Balaban J connectivity index is 1.54. The van der Waals surface area contributed by atoms with E-state index in [2.05, 4.69) is 34.0 Å². The second kappa shape index (κ2) is 11.8. The monoisotopic (exact) mass is 549 g/mol. The molecule has 0 aromatic heterocycles. The third kappa shape index (κ3) is 6.45. The average Bonchev–Trinajstić information content (AvgIpc) is 2.93. The van der Waals surface area contributed by atoms with Crippen LogP contribution in [0.15, 0.2) is 77.7 Å². The third-order valence-corrected chi connectivity index (χ3v) is 9.13. The van der Waals surface area contributed by atoms with E-state index in [4.69, 9.17) is 4.74 Å². The zero-order valence-corrected chi connectivity index (χ0v) is 24.2. The molecule has 0 saturated heterocycles. The molecule has 7 nitrogen and oxygen atoms in total. The highest BCUT2D eigenvalue weighted by molar-refractivity contribution is 7.89. The third-order valence-electron chi connectivity index (χ3n) is 7.67. The number of nitrogens with one attached hydrogen (secondary N) is 2. The van der Waals surface area contributed by atoms with Crippen LogP contribution in [0.2, 0.25) is 0 Å². The highest BCUT2D eigenvalue weighted by Gasteiger charge is 2.43. The van der Waals surface area contributed by atoms with Gasteiger partial charge in [0, 0.05) is 42.4 Å². The van der Waals surface area contributed by atoms with Crippen molar-refractivity contribution in [2.45, 2.75) is 57.6 Å². The maximum Gasteiger partial charge on any atom is 0.251 e. The number of rotatable bonds is 10.